The summed E-state index contributed by atoms with van der Waals surface area (Å²) in [6, 6.07) is 3.37. The Morgan fingerprint density at radius 3 is 2.47 bits per heavy atom. The first-order chi connectivity index (χ1) is 8.82. The van der Waals surface area contributed by atoms with Crippen LogP contribution in [0.4, 0.5) is 5.69 Å². The third-order valence-electron chi connectivity index (χ3n) is 3.73. The molecule has 0 unspecified atom stereocenters. The molecule has 1 saturated heterocycles. The zero-order valence-electron chi connectivity index (χ0n) is 11.2. The standard InChI is InChI=1S/C13H19BrN2O2S/c1-9-3-5-16(6-4-9)19(17,18)13-8-11(14)7-12(15)10(13)2/h7-9H,3-6,15H2,1-2H3. The average Bonchev–Trinajstić information content (AvgIpc) is 2.34. The first-order valence-corrected chi connectivity index (χ1v) is 8.61. The van der Waals surface area contributed by atoms with Gasteiger partial charge in [-0.15, -0.1) is 0 Å². The largest absolute Gasteiger partial charge is 0.398 e. The van der Waals surface area contributed by atoms with Gasteiger partial charge in [-0.2, -0.15) is 4.31 Å². The molecule has 1 aromatic rings. The minimum atomic E-state index is -3.44. The lowest BCUT2D eigenvalue weighted by Crippen LogP contribution is -2.38. The second kappa shape index (κ2) is 5.42. The maximum absolute atomic E-state index is 12.7. The maximum Gasteiger partial charge on any atom is 0.243 e. The molecule has 0 bridgehead atoms. The van der Waals surface area contributed by atoms with Crippen LogP contribution < -0.4 is 5.73 Å². The van der Waals surface area contributed by atoms with E-state index in [0.29, 0.717) is 39.6 Å². The molecule has 1 aliphatic heterocycles. The van der Waals surface area contributed by atoms with Gasteiger partial charge in [0.25, 0.3) is 0 Å². The molecule has 1 aliphatic rings. The summed E-state index contributed by atoms with van der Waals surface area (Å²) in [5.74, 6) is 0.597. The van der Waals surface area contributed by atoms with Gasteiger partial charge in [0.15, 0.2) is 0 Å². The molecule has 1 fully saturated rings. The van der Waals surface area contributed by atoms with Crippen LogP contribution in [-0.2, 0) is 10.0 Å². The molecular weight excluding hydrogens is 328 g/mol. The summed E-state index contributed by atoms with van der Waals surface area (Å²) < 4.78 is 27.6. The lowest BCUT2D eigenvalue weighted by Gasteiger charge is -2.30. The molecule has 0 amide bonds. The van der Waals surface area contributed by atoms with Crippen molar-refractivity contribution in [3.63, 3.8) is 0 Å². The number of hydrogen-bond donors (Lipinski definition) is 1. The molecule has 6 heteroatoms. The highest BCUT2D eigenvalue weighted by Crippen LogP contribution is 2.30. The molecule has 4 nitrogen and oxygen atoms in total. The van der Waals surface area contributed by atoms with Gasteiger partial charge in [-0.1, -0.05) is 22.9 Å². The van der Waals surface area contributed by atoms with Gasteiger partial charge in [0.2, 0.25) is 10.0 Å². The van der Waals surface area contributed by atoms with Crippen molar-refractivity contribution in [1.82, 2.24) is 4.31 Å². The molecule has 1 heterocycles. The molecule has 0 aromatic heterocycles. The number of nitrogens with two attached hydrogens (primary N) is 1. The van der Waals surface area contributed by atoms with Crippen molar-refractivity contribution in [2.75, 3.05) is 18.8 Å². The molecule has 0 saturated carbocycles. The van der Waals surface area contributed by atoms with Crippen molar-refractivity contribution in [3.05, 3.63) is 22.2 Å². The van der Waals surface area contributed by atoms with Crippen molar-refractivity contribution >= 4 is 31.6 Å². The predicted octanol–water partition coefficient (Wildman–Crippen LogP) is 2.76. The van der Waals surface area contributed by atoms with Crippen LogP contribution in [-0.4, -0.2) is 25.8 Å². The first-order valence-electron chi connectivity index (χ1n) is 6.38. The summed E-state index contributed by atoms with van der Waals surface area (Å²) in [4.78, 5) is 0.314. The van der Waals surface area contributed by atoms with Gasteiger partial charge in [0.05, 0.1) is 4.90 Å². The van der Waals surface area contributed by atoms with Crippen LogP contribution in [0, 0.1) is 12.8 Å². The van der Waals surface area contributed by atoms with Gasteiger partial charge < -0.3 is 5.73 Å². The maximum atomic E-state index is 12.7. The Balaban J connectivity index is 2.40. The van der Waals surface area contributed by atoms with E-state index < -0.39 is 10.0 Å². The summed E-state index contributed by atoms with van der Waals surface area (Å²) >= 11 is 3.31. The smallest absolute Gasteiger partial charge is 0.243 e. The Labute approximate surface area is 123 Å². The molecule has 1 aromatic carbocycles. The number of sulfonamides is 1. The number of rotatable bonds is 2. The molecule has 2 rings (SSSR count). The van der Waals surface area contributed by atoms with Crippen LogP contribution in [0.15, 0.2) is 21.5 Å². The Morgan fingerprint density at radius 1 is 1.32 bits per heavy atom. The highest BCUT2D eigenvalue weighted by atomic mass is 79.9. The number of nitrogens with zero attached hydrogens (tertiary/aromatic N) is 1. The topological polar surface area (TPSA) is 63.4 Å². The Kier molecular flexibility index (Phi) is 4.23. The lowest BCUT2D eigenvalue weighted by atomic mass is 10.0. The van der Waals surface area contributed by atoms with Gasteiger partial charge in [-0.05, 0) is 43.4 Å². The summed E-state index contributed by atoms with van der Waals surface area (Å²) in [5.41, 5.74) is 6.98. The third-order valence-corrected chi connectivity index (χ3v) is 6.21. The van der Waals surface area contributed by atoms with Crippen molar-refractivity contribution in [3.8, 4) is 0 Å². The van der Waals surface area contributed by atoms with E-state index in [0.717, 1.165) is 12.8 Å². The fourth-order valence-electron chi connectivity index (χ4n) is 2.31. The number of anilines is 1. The van der Waals surface area contributed by atoms with Crippen molar-refractivity contribution in [1.29, 1.82) is 0 Å². The fraction of sp³-hybridized carbons (Fsp3) is 0.538. The van der Waals surface area contributed by atoms with Gasteiger partial charge in [-0.25, -0.2) is 8.42 Å². The molecular formula is C13H19BrN2O2S. The normalized spacial score (nSPS) is 18.7. The molecule has 2 N–H and O–H groups in total. The highest BCUT2D eigenvalue weighted by molar-refractivity contribution is 9.10. The second-order valence-corrected chi connectivity index (χ2v) is 8.03. The Morgan fingerprint density at radius 2 is 1.89 bits per heavy atom. The van der Waals surface area contributed by atoms with Crippen molar-refractivity contribution in [2.45, 2.75) is 31.6 Å². The Hall–Kier alpha value is -0.590. The minimum absolute atomic E-state index is 0.314. The quantitative estimate of drug-likeness (QED) is 0.837. The van der Waals surface area contributed by atoms with Crippen molar-refractivity contribution in [2.24, 2.45) is 5.92 Å². The van der Waals surface area contributed by atoms with E-state index in [1.807, 2.05) is 0 Å². The predicted molar refractivity (Wildman–Crippen MR) is 80.4 cm³/mol. The van der Waals surface area contributed by atoms with Crippen LogP contribution in [0.25, 0.3) is 0 Å². The van der Waals surface area contributed by atoms with E-state index in [9.17, 15) is 8.42 Å². The number of halogens is 1. The molecule has 106 valence electrons. The van der Waals surface area contributed by atoms with Crippen LogP contribution in [0.3, 0.4) is 0 Å². The van der Waals surface area contributed by atoms with Crippen LogP contribution in [0.2, 0.25) is 0 Å². The van der Waals surface area contributed by atoms with Crippen LogP contribution in [0.1, 0.15) is 25.3 Å². The second-order valence-electron chi connectivity index (χ2n) is 5.20. The van der Waals surface area contributed by atoms with Crippen LogP contribution in [0.5, 0.6) is 0 Å². The minimum Gasteiger partial charge on any atom is -0.398 e. The fourth-order valence-corrected chi connectivity index (χ4v) is 4.68. The van der Waals surface area contributed by atoms with Gasteiger partial charge in [0, 0.05) is 23.2 Å². The summed E-state index contributed by atoms with van der Waals surface area (Å²) in [7, 11) is -3.44. The van der Waals surface area contributed by atoms with E-state index in [1.54, 1.807) is 23.4 Å². The molecule has 0 spiro atoms. The summed E-state index contributed by atoms with van der Waals surface area (Å²) in [6.07, 6.45) is 1.84. The van der Waals surface area contributed by atoms with E-state index in [2.05, 4.69) is 22.9 Å². The summed E-state index contributed by atoms with van der Waals surface area (Å²) in [6.45, 7) is 5.10. The number of benzene rings is 1. The lowest BCUT2D eigenvalue weighted by molar-refractivity contribution is 0.288. The number of hydrogen-bond acceptors (Lipinski definition) is 3. The van der Waals surface area contributed by atoms with Gasteiger partial charge in [-0.3, -0.25) is 0 Å². The molecule has 0 aliphatic carbocycles. The number of nitrogen functional groups attached to an aromatic ring is 1. The Bertz CT molecular complexity index is 579. The van der Waals surface area contributed by atoms with E-state index in [4.69, 9.17) is 5.73 Å². The summed E-state index contributed by atoms with van der Waals surface area (Å²) in [5, 5.41) is 0. The monoisotopic (exact) mass is 346 g/mol. The van der Waals surface area contributed by atoms with E-state index in [-0.39, 0.29) is 0 Å². The van der Waals surface area contributed by atoms with E-state index in [1.165, 1.54) is 0 Å². The highest BCUT2D eigenvalue weighted by Gasteiger charge is 2.29. The van der Waals surface area contributed by atoms with Crippen molar-refractivity contribution < 1.29 is 8.42 Å². The average molecular weight is 347 g/mol. The van der Waals surface area contributed by atoms with Crippen LogP contribution >= 0.6 is 15.9 Å². The zero-order chi connectivity index (χ0) is 14.2. The SMILES string of the molecule is Cc1c(N)cc(Br)cc1S(=O)(=O)N1CCC(C)CC1. The van der Waals surface area contributed by atoms with Gasteiger partial charge in [0.1, 0.15) is 0 Å². The molecule has 0 atom stereocenters. The van der Waals surface area contributed by atoms with Gasteiger partial charge >= 0.3 is 0 Å². The molecule has 19 heavy (non-hydrogen) atoms. The number of piperidine rings is 1. The molecule has 0 radical (unpaired) electrons. The van der Waals surface area contributed by atoms with E-state index >= 15 is 0 Å². The third kappa shape index (κ3) is 2.95. The zero-order valence-corrected chi connectivity index (χ0v) is 13.6. The first kappa shape index (κ1) is 14.8.